The van der Waals surface area contributed by atoms with E-state index in [4.69, 9.17) is 5.73 Å². The Balaban J connectivity index is 0.000000845. The van der Waals surface area contributed by atoms with Crippen molar-refractivity contribution in [3.63, 3.8) is 0 Å². The van der Waals surface area contributed by atoms with Crippen LogP contribution in [-0.4, -0.2) is 6.04 Å². The highest BCUT2D eigenvalue weighted by atomic mass is 35.5. The number of hydrogen-bond donors (Lipinski definition) is 1. The molecule has 74 valence electrons. The second-order valence-electron chi connectivity index (χ2n) is 3.52. The summed E-state index contributed by atoms with van der Waals surface area (Å²) in [5.74, 6) is 0. The van der Waals surface area contributed by atoms with E-state index in [0.29, 0.717) is 6.04 Å². The van der Waals surface area contributed by atoms with Crippen molar-refractivity contribution in [2.24, 2.45) is 5.73 Å². The molecule has 2 N–H and O–H groups in total. The zero-order valence-electron chi connectivity index (χ0n) is 7.88. The third-order valence-electron chi connectivity index (χ3n) is 2.66. The fraction of sp³-hybridized carbons (Fsp3) is 0.600. The molecule has 0 amide bonds. The third-order valence-corrected chi connectivity index (χ3v) is 3.79. The molecule has 0 aromatic carbocycles. The first-order chi connectivity index (χ1) is 5.81. The molecule has 1 aromatic heterocycles. The Hall–Kier alpha value is -0.0500. The Morgan fingerprint density at radius 1 is 1.62 bits per heavy atom. The molecule has 0 fully saturated rings. The molecule has 1 nitrogen and oxygen atoms in total. The molecule has 0 aliphatic heterocycles. The van der Waals surface area contributed by atoms with Gasteiger partial charge in [-0.3, -0.25) is 0 Å². The van der Waals surface area contributed by atoms with Crippen molar-refractivity contribution in [2.45, 2.75) is 38.6 Å². The van der Waals surface area contributed by atoms with Crippen molar-refractivity contribution in [2.75, 3.05) is 0 Å². The molecule has 1 aliphatic carbocycles. The van der Waals surface area contributed by atoms with Gasteiger partial charge in [0.25, 0.3) is 0 Å². The van der Waals surface area contributed by atoms with Gasteiger partial charge < -0.3 is 5.73 Å². The first-order valence-corrected chi connectivity index (χ1v) is 5.53. The van der Waals surface area contributed by atoms with Gasteiger partial charge in [-0.25, -0.2) is 0 Å². The minimum atomic E-state index is 0. The average Bonchev–Trinajstić information content (AvgIpc) is 2.46. The van der Waals surface area contributed by atoms with Crippen molar-refractivity contribution < 1.29 is 0 Å². The average molecular weight is 218 g/mol. The first-order valence-electron chi connectivity index (χ1n) is 4.65. The molecule has 0 radical (unpaired) electrons. The van der Waals surface area contributed by atoms with Gasteiger partial charge in [0.15, 0.2) is 0 Å². The summed E-state index contributed by atoms with van der Waals surface area (Å²) in [4.78, 5) is 1.59. The fourth-order valence-electron chi connectivity index (χ4n) is 1.90. The van der Waals surface area contributed by atoms with Crippen LogP contribution in [0.4, 0.5) is 0 Å². The monoisotopic (exact) mass is 217 g/mol. The molecule has 13 heavy (non-hydrogen) atoms. The van der Waals surface area contributed by atoms with Crippen LogP contribution in [0.1, 0.15) is 29.3 Å². The van der Waals surface area contributed by atoms with Crippen LogP contribution < -0.4 is 5.73 Å². The Labute approximate surface area is 89.7 Å². The van der Waals surface area contributed by atoms with Gasteiger partial charge in [-0.2, -0.15) is 0 Å². The molecule has 1 heterocycles. The molecular formula is C10H16ClNS. The molecule has 3 heteroatoms. The maximum atomic E-state index is 5.94. The highest BCUT2D eigenvalue weighted by Crippen LogP contribution is 2.29. The van der Waals surface area contributed by atoms with Crippen LogP contribution in [0, 0.1) is 0 Å². The van der Waals surface area contributed by atoms with Crippen molar-refractivity contribution >= 4 is 23.7 Å². The smallest absolute Gasteiger partial charge is 0.00832 e. The first kappa shape index (κ1) is 11.0. The van der Waals surface area contributed by atoms with Crippen LogP contribution in [0.5, 0.6) is 0 Å². The Morgan fingerprint density at radius 3 is 3.08 bits per heavy atom. The number of aryl methyl sites for hydroxylation is 2. The van der Waals surface area contributed by atoms with Crippen LogP contribution in [-0.2, 0) is 19.3 Å². The summed E-state index contributed by atoms with van der Waals surface area (Å²) in [5, 5.41) is 2.31. The van der Waals surface area contributed by atoms with Crippen LogP contribution in [0.15, 0.2) is 5.38 Å². The quantitative estimate of drug-likeness (QED) is 0.769. The van der Waals surface area contributed by atoms with E-state index < -0.39 is 0 Å². The van der Waals surface area contributed by atoms with Crippen molar-refractivity contribution in [1.29, 1.82) is 0 Å². The van der Waals surface area contributed by atoms with Crippen LogP contribution in [0.2, 0.25) is 0 Å². The van der Waals surface area contributed by atoms with E-state index in [2.05, 4.69) is 12.3 Å². The van der Waals surface area contributed by atoms with Crippen LogP contribution in [0.3, 0.4) is 0 Å². The van der Waals surface area contributed by atoms with Gasteiger partial charge in [-0.05, 0) is 42.2 Å². The van der Waals surface area contributed by atoms with E-state index in [1.165, 1.54) is 24.8 Å². The third kappa shape index (κ3) is 2.06. The summed E-state index contributed by atoms with van der Waals surface area (Å²) in [6.07, 6.45) is 4.67. The topological polar surface area (TPSA) is 26.0 Å². The van der Waals surface area contributed by atoms with Gasteiger partial charge in [-0.15, -0.1) is 23.7 Å². The molecule has 1 unspecified atom stereocenters. The highest BCUT2D eigenvalue weighted by molar-refractivity contribution is 7.10. The second kappa shape index (κ2) is 4.45. The lowest BCUT2D eigenvalue weighted by molar-refractivity contribution is 0.580. The lowest BCUT2D eigenvalue weighted by Crippen LogP contribution is -2.27. The standard InChI is InChI=1S/C10H15NS.ClH/c1-2-7-6-12-10-4-3-8(11)5-9(7)10;/h6,8H,2-5,11H2,1H3;1H. The van der Waals surface area contributed by atoms with Crippen molar-refractivity contribution in [3.8, 4) is 0 Å². The minimum absolute atomic E-state index is 0. The van der Waals surface area contributed by atoms with Crippen molar-refractivity contribution in [3.05, 3.63) is 21.4 Å². The molecular weight excluding hydrogens is 202 g/mol. The predicted octanol–water partition coefficient (Wildman–Crippen LogP) is 2.55. The van der Waals surface area contributed by atoms with Crippen LogP contribution in [0.25, 0.3) is 0 Å². The lowest BCUT2D eigenvalue weighted by atomic mass is 9.92. The number of rotatable bonds is 1. The molecule has 1 aromatic rings. The van der Waals surface area contributed by atoms with Gasteiger partial charge in [0.2, 0.25) is 0 Å². The largest absolute Gasteiger partial charge is 0.327 e. The van der Waals surface area contributed by atoms with Gasteiger partial charge in [-0.1, -0.05) is 6.92 Å². The fourth-order valence-corrected chi connectivity index (χ4v) is 3.08. The zero-order valence-corrected chi connectivity index (χ0v) is 9.51. The summed E-state index contributed by atoms with van der Waals surface area (Å²) in [6.45, 7) is 2.22. The molecule has 0 spiro atoms. The number of hydrogen-bond acceptors (Lipinski definition) is 2. The van der Waals surface area contributed by atoms with Crippen molar-refractivity contribution in [1.82, 2.24) is 0 Å². The van der Waals surface area contributed by atoms with E-state index in [1.807, 2.05) is 11.3 Å². The molecule has 1 atom stereocenters. The maximum Gasteiger partial charge on any atom is 0.00832 e. The molecule has 0 bridgehead atoms. The zero-order chi connectivity index (χ0) is 8.55. The number of fused-ring (bicyclic) bond motifs is 1. The Bertz CT molecular complexity index is 269. The van der Waals surface area contributed by atoms with E-state index in [9.17, 15) is 0 Å². The molecule has 0 saturated carbocycles. The summed E-state index contributed by atoms with van der Waals surface area (Å²) < 4.78 is 0. The molecule has 1 aliphatic rings. The number of halogens is 1. The Kier molecular flexibility index (Phi) is 3.77. The van der Waals surface area contributed by atoms with Crippen LogP contribution >= 0.6 is 23.7 Å². The number of nitrogens with two attached hydrogens (primary N) is 1. The Morgan fingerprint density at radius 2 is 2.38 bits per heavy atom. The van der Waals surface area contributed by atoms with Gasteiger partial charge >= 0.3 is 0 Å². The molecule has 0 saturated heterocycles. The van der Waals surface area contributed by atoms with E-state index in [1.54, 1.807) is 10.4 Å². The number of thiophene rings is 1. The second-order valence-corrected chi connectivity index (χ2v) is 4.48. The lowest BCUT2D eigenvalue weighted by Gasteiger charge is -2.18. The van der Waals surface area contributed by atoms with E-state index >= 15 is 0 Å². The van der Waals surface area contributed by atoms with Gasteiger partial charge in [0.1, 0.15) is 0 Å². The molecule has 2 rings (SSSR count). The summed E-state index contributed by atoms with van der Waals surface area (Å²) >= 11 is 1.92. The normalized spacial score (nSPS) is 20.6. The SMILES string of the molecule is CCc1csc2c1CC(N)CC2.Cl. The van der Waals surface area contributed by atoms with E-state index in [0.717, 1.165) is 6.42 Å². The minimum Gasteiger partial charge on any atom is -0.327 e. The predicted molar refractivity (Wildman–Crippen MR) is 60.9 cm³/mol. The summed E-state index contributed by atoms with van der Waals surface area (Å²) in [6, 6.07) is 0.414. The maximum absolute atomic E-state index is 5.94. The van der Waals surface area contributed by atoms with Gasteiger partial charge in [0, 0.05) is 10.9 Å². The summed E-state index contributed by atoms with van der Waals surface area (Å²) in [7, 11) is 0. The van der Waals surface area contributed by atoms with Gasteiger partial charge in [0.05, 0.1) is 0 Å². The summed E-state index contributed by atoms with van der Waals surface area (Å²) in [5.41, 5.74) is 9.04. The highest BCUT2D eigenvalue weighted by Gasteiger charge is 2.19. The van der Waals surface area contributed by atoms with E-state index in [-0.39, 0.29) is 12.4 Å².